The Labute approximate surface area is 98.0 Å². The van der Waals surface area contributed by atoms with Crippen molar-refractivity contribution in [1.29, 1.82) is 0 Å². The molecule has 0 aliphatic carbocycles. The van der Waals surface area contributed by atoms with Crippen LogP contribution in [0.1, 0.15) is 5.56 Å². The molecule has 0 radical (unpaired) electrons. The van der Waals surface area contributed by atoms with Crippen LogP contribution in [0, 0.1) is 12.7 Å². The van der Waals surface area contributed by atoms with E-state index in [0.29, 0.717) is 0 Å². The van der Waals surface area contributed by atoms with E-state index in [1.807, 2.05) is 0 Å². The van der Waals surface area contributed by atoms with Gasteiger partial charge in [-0.3, -0.25) is 4.79 Å². The zero-order valence-electron chi connectivity index (χ0n) is 9.05. The van der Waals surface area contributed by atoms with Gasteiger partial charge in [0.15, 0.2) is 9.84 Å². The van der Waals surface area contributed by atoms with Gasteiger partial charge in [0.25, 0.3) is 0 Å². The molecule has 0 aliphatic rings. The van der Waals surface area contributed by atoms with Crippen molar-refractivity contribution in [2.24, 2.45) is 5.73 Å². The third kappa shape index (κ3) is 3.24. The maximum atomic E-state index is 12.8. The van der Waals surface area contributed by atoms with Crippen molar-refractivity contribution in [2.45, 2.75) is 17.9 Å². The van der Waals surface area contributed by atoms with Crippen LogP contribution in [-0.2, 0) is 14.6 Å². The fourth-order valence-electron chi connectivity index (χ4n) is 1.36. The Balaban J connectivity index is 3.10. The monoisotopic (exact) mass is 261 g/mol. The van der Waals surface area contributed by atoms with Crippen molar-refractivity contribution in [3.63, 3.8) is 0 Å². The number of hydrogen-bond donors (Lipinski definition) is 2. The highest BCUT2D eigenvalue weighted by molar-refractivity contribution is 7.91. The van der Waals surface area contributed by atoms with Crippen molar-refractivity contribution in [3.8, 4) is 0 Å². The average Bonchev–Trinajstić information content (AvgIpc) is 2.15. The second kappa shape index (κ2) is 4.80. The van der Waals surface area contributed by atoms with Crippen LogP contribution in [0.5, 0.6) is 0 Å². The van der Waals surface area contributed by atoms with Gasteiger partial charge in [-0.25, -0.2) is 12.8 Å². The van der Waals surface area contributed by atoms with Crippen LogP contribution in [0.15, 0.2) is 23.1 Å². The summed E-state index contributed by atoms with van der Waals surface area (Å²) in [5.74, 6) is -2.66. The normalized spacial score (nSPS) is 13.4. The molecule has 1 atom stereocenters. The fraction of sp³-hybridized carbons (Fsp3) is 0.300. The van der Waals surface area contributed by atoms with E-state index >= 15 is 0 Å². The quantitative estimate of drug-likeness (QED) is 0.761. The molecule has 0 bridgehead atoms. The average molecular weight is 261 g/mol. The summed E-state index contributed by atoms with van der Waals surface area (Å²) in [5, 5.41) is 8.56. The number of rotatable bonds is 4. The highest BCUT2D eigenvalue weighted by Gasteiger charge is 2.24. The molecule has 0 spiro atoms. The van der Waals surface area contributed by atoms with Gasteiger partial charge < -0.3 is 10.8 Å². The van der Waals surface area contributed by atoms with Crippen LogP contribution in [0.4, 0.5) is 4.39 Å². The number of nitrogens with two attached hydrogens (primary N) is 1. The molecular weight excluding hydrogens is 249 g/mol. The molecule has 94 valence electrons. The lowest BCUT2D eigenvalue weighted by Gasteiger charge is -2.10. The number of halogens is 1. The molecule has 5 nitrogen and oxygen atoms in total. The summed E-state index contributed by atoms with van der Waals surface area (Å²) < 4.78 is 36.4. The van der Waals surface area contributed by atoms with Gasteiger partial charge in [0.2, 0.25) is 0 Å². The molecule has 3 N–H and O–H groups in total. The predicted octanol–water partition coefficient (Wildman–Crippen LogP) is 0.320. The number of aryl methyl sites for hydroxylation is 1. The first-order valence-electron chi connectivity index (χ1n) is 4.71. The zero-order chi connectivity index (χ0) is 13.2. The fourth-order valence-corrected chi connectivity index (χ4v) is 2.98. The van der Waals surface area contributed by atoms with Gasteiger partial charge in [-0.15, -0.1) is 0 Å². The minimum atomic E-state index is -3.82. The predicted molar refractivity (Wildman–Crippen MR) is 58.8 cm³/mol. The molecule has 0 amide bonds. The molecule has 1 rings (SSSR count). The van der Waals surface area contributed by atoms with Gasteiger partial charge in [0, 0.05) is 0 Å². The first kappa shape index (κ1) is 13.6. The molecule has 0 saturated carbocycles. The number of sulfone groups is 1. The Kier molecular flexibility index (Phi) is 3.84. The van der Waals surface area contributed by atoms with Crippen molar-refractivity contribution in [3.05, 3.63) is 29.6 Å². The highest BCUT2D eigenvalue weighted by Crippen LogP contribution is 2.18. The van der Waals surface area contributed by atoms with Gasteiger partial charge in [0.1, 0.15) is 11.9 Å². The molecule has 0 fully saturated rings. The number of carbonyl (C=O) groups is 1. The third-order valence-electron chi connectivity index (χ3n) is 2.19. The molecule has 0 saturated heterocycles. The molecule has 1 unspecified atom stereocenters. The summed E-state index contributed by atoms with van der Waals surface area (Å²) in [6.45, 7) is 1.43. The summed E-state index contributed by atoms with van der Waals surface area (Å²) in [6, 6.07) is 1.68. The molecular formula is C10H12FNO4S. The van der Waals surface area contributed by atoms with E-state index in [2.05, 4.69) is 0 Å². The highest BCUT2D eigenvalue weighted by atomic mass is 32.2. The van der Waals surface area contributed by atoms with Gasteiger partial charge in [0.05, 0.1) is 10.6 Å². The molecule has 17 heavy (non-hydrogen) atoms. The lowest BCUT2D eigenvalue weighted by molar-refractivity contribution is -0.137. The summed E-state index contributed by atoms with van der Waals surface area (Å²) in [7, 11) is -3.82. The van der Waals surface area contributed by atoms with Crippen LogP contribution < -0.4 is 5.73 Å². The minimum Gasteiger partial charge on any atom is -0.480 e. The Bertz CT molecular complexity index is 541. The Morgan fingerprint density at radius 1 is 1.53 bits per heavy atom. The van der Waals surface area contributed by atoms with Crippen LogP contribution in [0.25, 0.3) is 0 Å². The first-order chi connectivity index (χ1) is 7.74. The van der Waals surface area contributed by atoms with E-state index in [4.69, 9.17) is 10.8 Å². The Morgan fingerprint density at radius 3 is 2.59 bits per heavy atom. The second-order valence-corrected chi connectivity index (χ2v) is 5.64. The van der Waals surface area contributed by atoms with E-state index in [-0.39, 0.29) is 10.5 Å². The number of aliphatic carboxylic acids is 1. The summed E-state index contributed by atoms with van der Waals surface area (Å²) >= 11 is 0. The van der Waals surface area contributed by atoms with Crippen LogP contribution >= 0.6 is 0 Å². The zero-order valence-corrected chi connectivity index (χ0v) is 9.87. The molecule has 1 aromatic carbocycles. The molecule has 0 aromatic heterocycles. The summed E-state index contributed by atoms with van der Waals surface area (Å²) in [4.78, 5) is 10.4. The topological polar surface area (TPSA) is 97.5 Å². The van der Waals surface area contributed by atoms with E-state index < -0.39 is 33.4 Å². The number of carboxylic acid groups (broad SMARTS) is 1. The van der Waals surface area contributed by atoms with E-state index in [1.165, 1.54) is 6.92 Å². The first-order valence-corrected chi connectivity index (χ1v) is 6.36. The smallest absolute Gasteiger partial charge is 0.321 e. The van der Waals surface area contributed by atoms with Gasteiger partial charge in [-0.05, 0) is 30.7 Å². The number of benzene rings is 1. The van der Waals surface area contributed by atoms with Gasteiger partial charge in [-0.1, -0.05) is 0 Å². The maximum absolute atomic E-state index is 12.8. The summed E-state index contributed by atoms with van der Waals surface area (Å²) in [5.41, 5.74) is 5.39. The van der Waals surface area contributed by atoms with E-state index in [1.54, 1.807) is 0 Å². The lowest BCUT2D eigenvalue weighted by atomic mass is 10.2. The van der Waals surface area contributed by atoms with Crippen LogP contribution in [-0.4, -0.2) is 31.3 Å². The SMILES string of the molecule is Cc1cc(F)ccc1S(=O)(=O)CC(N)C(=O)O. The van der Waals surface area contributed by atoms with Gasteiger partial charge >= 0.3 is 5.97 Å². The number of carboxylic acids is 1. The number of hydrogen-bond acceptors (Lipinski definition) is 4. The minimum absolute atomic E-state index is 0.101. The lowest BCUT2D eigenvalue weighted by Crippen LogP contribution is -2.37. The van der Waals surface area contributed by atoms with Crippen molar-refractivity contribution in [1.82, 2.24) is 0 Å². The molecule has 1 aromatic rings. The van der Waals surface area contributed by atoms with Crippen LogP contribution in [0.3, 0.4) is 0 Å². The Hall–Kier alpha value is -1.47. The van der Waals surface area contributed by atoms with Gasteiger partial charge in [-0.2, -0.15) is 0 Å². The van der Waals surface area contributed by atoms with Crippen molar-refractivity contribution in [2.75, 3.05) is 5.75 Å². The molecule has 7 heteroatoms. The third-order valence-corrected chi connectivity index (χ3v) is 4.11. The largest absolute Gasteiger partial charge is 0.480 e. The Morgan fingerprint density at radius 2 is 2.12 bits per heavy atom. The van der Waals surface area contributed by atoms with E-state index in [0.717, 1.165) is 18.2 Å². The van der Waals surface area contributed by atoms with Crippen LogP contribution in [0.2, 0.25) is 0 Å². The maximum Gasteiger partial charge on any atom is 0.321 e. The standard InChI is InChI=1S/C10H12FNO4S/c1-6-4-7(11)2-3-9(6)17(15,16)5-8(12)10(13)14/h2-4,8H,5,12H2,1H3,(H,13,14). The summed E-state index contributed by atoms with van der Waals surface area (Å²) in [6.07, 6.45) is 0. The van der Waals surface area contributed by atoms with Crippen molar-refractivity contribution < 1.29 is 22.7 Å². The molecule has 0 aliphatic heterocycles. The van der Waals surface area contributed by atoms with Crippen molar-refractivity contribution >= 4 is 15.8 Å². The molecule has 0 heterocycles. The second-order valence-electron chi connectivity index (χ2n) is 3.64. The van der Waals surface area contributed by atoms with E-state index in [9.17, 15) is 17.6 Å².